The van der Waals surface area contributed by atoms with Crippen LogP contribution in [0.15, 0.2) is 42.5 Å². The SMILES string of the molecule is OCc1cccc(Oc2ccc(CO)c(C(F)(F)F)c2)c1. The zero-order valence-corrected chi connectivity index (χ0v) is 10.9. The van der Waals surface area contributed by atoms with Crippen molar-refractivity contribution in [3.63, 3.8) is 0 Å². The number of hydrogen-bond acceptors (Lipinski definition) is 3. The minimum Gasteiger partial charge on any atom is -0.457 e. The van der Waals surface area contributed by atoms with E-state index >= 15 is 0 Å². The second kappa shape index (κ2) is 6.15. The van der Waals surface area contributed by atoms with Gasteiger partial charge in [-0.05, 0) is 35.4 Å². The lowest BCUT2D eigenvalue weighted by molar-refractivity contribution is -0.138. The third-order valence-corrected chi connectivity index (χ3v) is 2.87. The van der Waals surface area contributed by atoms with Crippen molar-refractivity contribution < 1.29 is 28.1 Å². The minimum atomic E-state index is -4.57. The van der Waals surface area contributed by atoms with Gasteiger partial charge in [0.05, 0.1) is 18.8 Å². The standard InChI is InChI=1S/C15H13F3O3/c16-15(17,18)14-7-13(5-4-11(14)9-20)21-12-3-1-2-10(6-12)8-19/h1-7,19-20H,8-9H2. The van der Waals surface area contributed by atoms with Gasteiger partial charge in [-0.25, -0.2) is 0 Å². The van der Waals surface area contributed by atoms with Gasteiger partial charge < -0.3 is 14.9 Å². The predicted molar refractivity (Wildman–Crippen MR) is 69.8 cm³/mol. The molecule has 0 radical (unpaired) electrons. The topological polar surface area (TPSA) is 49.7 Å². The second-order valence-corrected chi connectivity index (χ2v) is 4.38. The monoisotopic (exact) mass is 298 g/mol. The number of hydrogen-bond donors (Lipinski definition) is 2. The lowest BCUT2D eigenvalue weighted by Gasteiger charge is -2.14. The first-order valence-electron chi connectivity index (χ1n) is 6.12. The molecule has 0 heterocycles. The van der Waals surface area contributed by atoms with Gasteiger partial charge in [-0.1, -0.05) is 18.2 Å². The van der Waals surface area contributed by atoms with Gasteiger partial charge in [0.1, 0.15) is 11.5 Å². The molecule has 0 aliphatic carbocycles. The van der Waals surface area contributed by atoms with Crippen LogP contribution in [0.2, 0.25) is 0 Å². The van der Waals surface area contributed by atoms with Crippen LogP contribution in [0.1, 0.15) is 16.7 Å². The average molecular weight is 298 g/mol. The normalized spacial score (nSPS) is 11.5. The Morgan fingerprint density at radius 3 is 2.24 bits per heavy atom. The van der Waals surface area contributed by atoms with E-state index in [-0.39, 0.29) is 17.9 Å². The summed E-state index contributed by atoms with van der Waals surface area (Å²) in [5.74, 6) is 0.334. The quantitative estimate of drug-likeness (QED) is 0.908. The summed E-state index contributed by atoms with van der Waals surface area (Å²) in [6.07, 6.45) is -4.57. The van der Waals surface area contributed by atoms with Gasteiger partial charge in [0.25, 0.3) is 0 Å². The summed E-state index contributed by atoms with van der Waals surface area (Å²) in [4.78, 5) is 0. The van der Waals surface area contributed by atoms with Gasteiger partial charge in [0.2, 0.25) is 0 Å². The Bertz CT molecular complexity index is 624. The first-order chi connectivity index (χ1) is 9.94. The van der Waals surface area contributed by atoms with Crippen LogP contribution in [0, 0.1) is 0 Å². The summed E-state index contributed by atoms with van der Waals surface area (Å²) >= 11 is 0. The highest BCUT2D eigenvalue weighted by molar-refractivity contribution is 5.40. The van der Waals surface area contributed by atoms with Gasteiger partial charge in [-0.15, -0.1) is 0 Å². The molecule has 6 heteroatoms. The van der Waals surface area contributed by atoms with Gasteiger partial charge in [-0.2, -0.15) is 13.2 Å². The van der Waals surface area contributed by atoms with Crippen LogP contribution in [0.25, 0.3) is 0 Å². The molecule has 0 saturated carbocycles. The zero-order chi connectivity index (χ0) is 15.5. The molecule has 0 saturated heterocycles. The van der Waals surface area contributed by atoms with E-state index in [1.807, 2.05) is 0 Å². The van der Waals surface area contributed by atoms with Crippen molar-refractivity contribution in [2.75, 3.05) is 0 Å². The fourth-order valence-corrected chi connectivity index (χ4v) is 1.86. The van der Waals surface area contributed by atoms with Crippen LogP contribution >= 0.6 is 0 Å². The minimum absolute atomic E-state index is 0.00890. The molecular formula is C15H13F3O3. The summed E-state index contributed by atoms with van der Waals surface area (Å²) in [5.41, 5.74) is -0.546. The summed E-state index contributed by atoms with van der Waals surface area (Å²) in [6, 6.07) is 9.79. The van der Waals surface area contributed by atoms with E-state index in [0.29, 0.717) is 11.3 Å². The van der Waals surface area contributed by atoms with E-state index in [4.69, 9.17) is 14.9 Å². The van der Waals surface area contributed by atoms with E-state index in [1.54, 1.807) is 18.2 Å². The van der Waals surface area contributed by atoms with Gasteiger partial charge in [0.15, 0.2) is 0 Å². The molecule has 0 aliphatic rings. The Hall–Kier alpha value is -2.05. The van der Waals surface area contributed by atoms with Crippen LogP contribution in [0.5, 0.6) is 11.5 Å². The van der Waals surface area contributed by atoms with E-state index in [9.17, 15) is 13.2 Å². The number of rotatable bonds is 4. The Morgan fingerprint density at radius 2 is 1.62 bits per heavy atom. The summed E-state index contributed by atoms with van der Waals surface area (Å²) in [7, 11) is 0. The Kier molecular flexibility index (Phi) is 4.50. The van der Waals surface area contributed by atoms with Crippen molar-refractivity contribution in [2.45, 2.75) is 19.4 Å². The molecular weight excluding hydrogens is 285 g/mol. The molecule has 0 aliphatic heterocycles. The fraction of sp³-hybridized carbons (Fsp3) is 0.200. The Balaban J connectivity index is 2.32. The van der Waals surface area contributed by atoms with Crippen LogP contribution < -0.4 is 4.74 Å². The van der Waals surface area contributed by atoms with Crippen molar-refractivity contribution in [1.29, 1.82) is 0 Å². The molecule has 0 bridgehead atoms. The number of benzene rings is 2. The van der Waals surface area contributed by atoms with Crippen LogP contribution in [-0.4, -0.2) is 10.2 Å². The zero-order valence-electron chi connectivity index (χ0n) is 10.9. The molecule has 3 nitrogen and oxygen atoms in total. The molecule has 2 aromatic carbocycles. The maximum Gasteiger partial charge on any atom is 0.416 e. The third kappa shape index (κ3) is 3.74. The number of ether oxygens (including phenoxy) is 1. The Morgan fingerprint density at radius 1 is 0.905 bits per heavy atom. The lowest BCUT2D eigenvalue weighted by Crippen LogP contribution is -2.09. The van der Waals surface area contributed by atoms with Crippen molar-refractivity contribution >= 4 is 0 Å². The highest BCUT2D eigenvalue weighted by Gasteiger charge is 2.33. The first kappa shape index (κ1) is 15.3. The number of aliphatic hydroxyl groups is 2. The maximum absolute atomic E-state index is 12.9. The highest BCUT2D eigenvalue weighted by atomic mass is 19.4. The molecule has 0 spiro atoms. The number of halogens is 3. The van der Waals surface area contributed by atoms with Crippen molar-refractivity contribution in [1.82, 2.24) is 0 Å². The smallest absolute Gasteiger partial charge is 0.416 e. The summed E-state index contributed by atoms with van der Waals surface area (Å²) in [5, 5.41) is 18.0. The first-order valence-corrected chi connectivity index (χ1v) is 6.12. The third-order valence-electron chi connectivity index (χ3n) is 2.87. The highest BCUT2D eigenvalue weighted by Crippen LogP contribution is 2.35. The fourth-order valence-electron chi connectivity index (χ4n) is 1.86. The average Bonchev–Trinajstić information content (AvgIpc) is 2.46. The van der Waals surface area contributed by atoms with Crippen LogP contribution in [-0.2, 0) is 19.4 Å². The molecule has 0 atom stereocenters. The number of alkyl halides is 3. The summed E-state index contributed by atoms with van der Waals surface area (Å²) in [6.45, 7) is -0.885. The van der Waals surface area contributed by atoms with Crippen molar-refractivity contribution in [2.24, 2.45) is 0 Å². The van der Waals surface area contributed by atoms with E-state index in [1.165, 1.54) is 18.2 Å². The van der Waals surface area contributed by atoms with Gasteiger partial charge in [-0.3, -0.25) is 0 Å². The molecule has 112 valence electrons. The second-order valence-electron chi connectivity index (χ2n) is 4.38. The molecule has 0 amide bonds. The lowest BCUT2D eigenvalue weighted by atomic mass is 10.1. The summed E-state index contributed by atoms with van der Waals surface area (Å²) < 4.78 is 44.0. The van der Waals surface area contributed by atoms with Crippen LogP contribution in [0.4, 0.5) is 13.2 Å². The number of aliphatic hydroxyl groups excluding tert-OH is 2. The molecule has 0 unspecified atom stereocenters. The largest absolute Gasteiger partial charge is 0.457 e. The van der Waals surface area contributed by atoms with Crippen molar-refractivity contribution in [3.05, 3.63) is 59.2 Å². The van der Waals surface area contributed by atoms with Crippen LogP contribution in [0.3, 0.4) is 0 Å². The van der Waals surface area contributed by atoms with E-state index < -0.39 is 18.3 Å². The molecule has 0 aromatic heterocycles. The Labute approximate surface area is 119 Å². The molecule has 0 fully saturated rings. The predicted octanol–water partition coefficient (Wildman–Crippen LogP) is 3.48. The van der Waals surface area contributed by atoms with Crippen molar-refractivity contribution in [3.8, 4) is 11.5 Å². The van der Waals surface area contributed by atoms with E-state index in [2.05, 4.69) is 0 Å². The van der Waals surface area contributed by atoms with Gasteiger partial charge in [0, 0.05) is 0 Å². The van der Waals surface area contributed by atoms with E-state index in [0.717, 1.165) is 6.07 Å². The molecule has 2 rings (SSSR count). The molecule has 21 heavy (non-hydrogen) atoms. The maximum atomic E-state index is 12.9. The molecule has 2 N–H and O–H groups in total. The molecule has 2 aromatic rings. The van der Waals surface area contributed by atoms with Gasteiger partial charge >= 0.3 is 6.18 Å².